The van der Waals surface area contributed by atoms with Crippen LogP contribution < -0.4 is 20.1 Å². The topological polar surface area (TPSA) is 103 Å². The van der Waals surface area contributed by atoms with E-state index in [2.05, 4.69) is 10.6 Å². The number of esters is 1. The molecule has 2 amide bonds. The number of benzene rings is 2. The molecule has 2 aromatic carbocycles. The van der Waals surface area contributed by atoms with E-state index in [-0.39, 0.29) is 21.3 Å². The molecule has 1 unspecified atom stereocenters. The molecule has 2 N–H and O–H groups in total. The third kappa shape index (κ3) is 6.65. The Balaban J connectivity index is 1.90. The fourth-order valence-electron chi connectivity index (χ4n) is 2.41. The smallest absolute Gasteiger partial charge is 0.326 e. The van der Waals surface area contributed by atoms with Crippen molar-refractivity contribution in [3.63, 3.8) is 0 Å². The summed E-state index contributed by atoms with van der Waals surface area (Å²) in [6.45, 7) is 0.911. The van der Waals surface area contributed by atoms with E-state index in [0.717, 1.165) is 0 Å². The summed E-state index contributed by atoms with van der Waals surface area (Å²) in [4.78, 5) is 36.5. The molecule has 0 aliphatic heterocycles. The first-order valence-corrected chi connectivity index (χ1v) is 9.94. The quantitative estimate of drug-likeness (QED) is 0.544. The van der Waals surface area contributed by atoms with Gasteiger partial charge >= 0.3 is 5.97 Å². The van der Waals surface area contributed by atoms with Gasteiger partial charge in [-0.05, 0) is 37.3 Å². The van der Waals surface area contributed by atoms with Crippen LogP contribution in [-0.4, -0.2) is 44.7 Å². The lowest BCUT2D eigenvalue weighted by Gasteiger charge is -2.15. The highest BCUT2D eigenvalue weighted by Crippen LogP contribution is 2.33. The number of rotatable bonds is 8. The van der Waals surface area contributed by atoms with Crippen LogP contribution in [0.1, 0.15) is 17.3 Å². The first-order chi connectivity index (χ1) is 14.7. The number of hydrogen-bond acceptors (Lipinski definition) is 6. The molecule has 0 aromatic heterocycles. The first kappa shape index (κ1) is 24.6. The molecule has 166 valence electrons. The first-order valence-electron chi connectivity index (χ1n) is 8.81. The number of halogens is 3. The number of carbonyl (C=O) groups is 3. The van der Waals surface area contributed by atoms with Crippen molar-refractivity contribution in [3.8, 4) is 11.5 Å². The van der Waals surface area contributed by atoms with Crippen LogP contribution in [0.25, 0.3) is 0 Å². The van der Waals surface area contributed by atoms with Crippen LogP contribution in [0.3, 0.4) is 0 Å². The summed E-state index contributed by atoms with van der Waals surface area (Å²) >= 11 is 17.9. The molecule has 31 heavy (non-hydrogen) atoms. The van der Waals surface area contributed by atoms with Gasteiger partial charge in [-0.1, -0.05) is 34.8 Å². The van der Waals surface area contributed by atoms with Crippen molar-refractivity contribution in [2.24, 2.45) is 0 Å². The minimum Gasteiger partial charge on any atom is -0.493 e. The average molecular weight is 490 g/mol. The Kier molecular flexibility index (Phi) is 8.79. The molecular formula is C20H19Cl3N2O6. The van der Waals surface area contributed by atoms with Crippen LogP contribution >= 0.6 is 34.8 Å². The van der Waals surface area contributed by atoms with E-state index in [1.165, 1.54) is 45.4 Å². The van der Waals surface area contributed by atoms with Gasteiger partial charge in [-0.2, -0.15) is 0 Å². The molecular weight excluding hydrogens is 471 g/mol. The zero-order valence-electron chi connectivity index (χ0n) is 16.8. The van der Waals surface area contributed by atoms with E-state index in [9.17, 15) is 14.4 Å². The summed E-state index contributed by atoms with van der Waals surface area (Å²) in [6, 6.07) is 7.36. The van der Waals surface area contributed by atoms with Crippen molar-refractivity contribution in [1.82, 2.24) is 5.32 Å². The summed E-state index contributed by atoms with van der Waals surface area (Å²) in [7, 11) is 2.91. The van der Waals surface area contributed by atoms with Gasteiger partial charge in [0.05, 0.1) is 30.0 Å². The van der Waals surface area contributed by atoms with Gasteiger partial charge in [-0.3, -0.25) is 14.4 Å². The van der Waals surface area contributed by atoms with Crippen molar-refractivity contribution in [3.05, 3.63) is 51.0 Å². The van der Waals surface area contributed by atoms with Crippen molar-refractivity contribution in [1.29, 1.82) is 0 Å². The molecule has 0 heterocycles. The second-order valence-corrected chi connectivity index (χ2v) is 7.37. The van der Waals surface area contributed by atoms with Crippen molar-refractivity contribution >= 4 is 58.3 Å². The van der Waals surface area contributed by atoms with Crippen molar-refractivity contribution in [2.45, 2.75) is 13.0 Å². The molecule has 0 aliphatic rings. The van der Waals surface area contributed by atoms with Gasteiger partial charge in [0, 0.05) is 10.6 Å². The Bertz CT molecular complexity index is 976. The molecule has 2 rings (SSSR count). The van der Waals surface area contributed by atoms with E-state index in [1.54, 1.807) is 6.07 Å². The summed E-state index contributed by atoms with van der Waals surface area (Å²) in [5.74, 6) is -1.19. The van der Waals surface area contributed by atoms with Gasteiger partial charge in [0.25, 0.3) is 11.8 Å². The predicted molar refractivity (Wildman–Crippen MR) is 118 cm³/mol. The predicted octanol–water partition coefficient (Wildman–Crippen LogP) is 3.96. The zero-order valence-corrected chi connectivity index (χ0v) is 19.0. The van der Waals surface area contributed by atoms with Gasteiger partial charge in [-0.25, -0.2) is 0 Å². The summed E-state index contributed by atoms with van der Waals surface area (Å²) in [5, 5.41) is 5.45. The number of hydrogen-bond donors (Lipinski definition) is 2. The van der Waals surface area contributed by atoms with Crippen LogP contribution in [-0.2, 0) is 14.3 Å². The molecule has 11 heteroatoms. The standard InChI is InChI=1S/C20H19Cl3N2O6/c1-10(19(27)25-18-13(22)7-12(21)8-14(18)23)31-17(26)9-24-20(28)11-4-5-15(29-2)16(6-11)30-3/h4-8,10H,9H2,1-3H3,(H,24,28)(H,25,27). The minimum atomic E-state index is -1.17. The lowest BCUT2D eigenvalue weighted by Crippen LogP contribution is -2.36. The largest absolute Gasteiger partial charge is 0.493 e. The highest BCUT2D eigenvalue weighted by molar-refractivity contribution is 6.42. The minimum absolute atomic E-state index is 0.131. The fourth-order valence-corrected chi connectivity index (χ4v) is 3.32. The van der Waals surface area contributed by atoms with Crippen LogP contribution in [0, 0.1) is 0 Å². The number of nitrogens with one attached hydrogen (secondary N) is 2. The van der Waals surface area contributed by atoms with Crippen LogP contribution in [0.5, 0.6) is 11.5 Å². The molecule has 1 atom stereocenters. The summed E-state index contributed by atoms with van der Waals surface area (Å²) in [5.41, 5.74) is 0.394. The molecule has 8 nitrogen and oxygen atoms in total. The maximum Gasteiger partial charge on any atom is 0.326 e. The average Bonchev–Trinajstić information content (AvgIpc) is 2.73. The molecule has 0 fully saturated rings. The summed E-state index contributed by atoms with van der Waals surface area (Å²) < 4.78 is 15.3. The Morgan fingerprint density at radius 1 is 0.968 bits per heavy atom. The Labute approximate surface area is 193 Å². The fraction of sp³-hybridized carbons (Fsp3) is 0.250. The van der Waals surface area contributed by atoms with Crippen molar-refractivity contribution < 1.29 is 28.6 Å². The number of carbonyl (C=O) groups excluding carboxylic acids is 3. The van der Waals surface area contributed by atoms with Crippen LogP contribution in [0.15, 0.2) is 30.3 Å². The van der Waals surface area contributed by atoms with E-state index in [1.807, 2.05) is 0 Å². The van der Waals surface area contributed by atoms with E-state index in [0.29, 0.717) is 16.5 Å². The molecule has 0 spiro atoms. The lowest BCUT2D eigenvalue weighted by atomic mass is 10.2. The van der Waals surface area contributed by atoms with Crippen LogP contribution in [0.4, 0.5) is 5.69 Å². The normalized spacial score (nSPS) is 11.3. The zero-order chi connectivity index (χ0) is 23.1. The third-order valence-electron chi connectivity index (χ3n) is 3.97. The Morgan fingerprint density at radius 2 is 1.58 bits per heavy atom. The third-order valence-corrected chi connectivity index (χ3v) is 4.79. The number of anilines is 1. The van der Waals surface area contributed by atoms with E-state index >= 15 is 0 Å². The molecule has 0 bridgehead atoms. The second kappa shape index (κ2) is 11.1. The monoisotopic (exact) mass is 488 g/mol. The Morgan fingerprint density at radius 3 is 2.16 bits per heavy atom. The number of amides is 2. The Hall–Kier alpha value is -2.68. The maximum absolute atomic E-state index is 12.3. The molecule has 2 aromatic rings. The van der Waals surface area contributed by atoms with Crippen molar-refractivity contribution in [2.75, 3.05) is 26.1 Å². The van der Waals surface area contributed by atoms with Gasteiger partial charge < -0.3 is 24.8 Å². The van der Waals surface area contributed by atoms with Gasteiger partial charge in [0.2, 0.25) is 0 Å². The molecule has 0 saturated carbocycles. The lowest BCUT2D eigenvalue weighted by molar-refractivity contribution is -0.152. The second-order valence-electron chi connectivity index (χ2n) is 6.12. The highest BCUT2D eigenvalue weighted by Gasteiger charge is 2.21. The van der Waals surface area contributed by atoms with E-state index < -0.39 is 30.4 Å². The number of methoxy groups -OCH3 is 2. The maximum atomic E-state index is 12.3. The van der Waals surface area contributed by atoms with E-state index in [4.69, 9.17) is 49.0 Å². The molecule has 0 aliphatic carbocycles. The summed E-state index contributed by atoms with van der Waals surface area (Å²) in [6.07, 6.45) is -1.17. The van der Waals surface area contributed by atoms with Gasteiger partial charge in [0.15, 0.2) is 17.6 Å². The van der Waals surface area contributed by atoms with Gasteiger partial charge in [0.1, 0.15) is 6.54 Å². The SMILES string of the molecule is COc1ccc(C(=O)NCC(=O)OC(C)C(=O)Nc2c(Cl)cc(Cl)cc2Cl)cc1OC. The molecule has 0 saturated heterocycles. The van der Waals surface area contributed by atoms with Gasteiger partial charge in [-0.15, -0.1) is 0 Å². The van der Waals surface area contributed by atoms with Crippen LogP contribution in [0.2, 0.25) is 15.1 Å². The highest BCUT2D eigenvalue weighted by atomic mass is 35.5. The number of ether oxygens (including phenoxy) is 3. The molecule has 0 radical (unpaired) electrons.